The second kappa shape index (κ2) is 7.72. The van der Waals surface area contributed by atoms with Crippen LogP contribution >= 0.6 is 0 Å². The zero-order valence-electron chi connectivity index (χ0n) is 12.4. The van der Waals surface area contributed by atoms with E-state index in [-0.39, 0.29) is 6.10 Å². The maximum Gasteiger partial charge on any atom is 0.328 e. The third-order valence-electron chi connectivity index (χ3n) is 3.55. The smallest absolute Gasteiger partial charge is 0.328 e. The quantitative estimate of drug-likeness (QED) is 0.807. The lowest BCUT2D eigenvalue weighted by molar-refractivity contribution is -0.131. The number of carbonyl (C=O) groups is 1. The van der Waals surface area contributed by atoms with Crippen LogP contribution < -0.4 is 9.47 Å². The van der Waals surface area contributed by atoms with Crippen molar-refractivity contribution in [2.45, 2.75) is 45.1 Å². The van der Waals surface area contributed by atoms with Crippen molar-refractivity contribution < 1.29 is 19.4 Å². The SMILES string of the molecule is CCOc1cccc(/C=C\C(=O)O)c1OC1CCCCC1. The summed E-state index contributed by atoms with van der Waals surface area (Å²) in [6.45, 7) is 2.47. The number of para-hydroxylation sites is 1. The number of hydrogen-bond donors (Lipinski definition) is 1. The van der Waals surface area contributed by atoms with Gasteiger partial charge in [-0.3, -0.25) is 0 Å². The Morgan fingerprint density at radius 1 is 1.33 bits per heavy atom. The van der Waals surface area contributed by atoms with Crippen LogP contribution in [-0.4, -0.2) is 23.8 Å². The molecule has 0 aliphatic heterocycles. The van der Waals surface area contributed by atoms with Crippen molar-refractivity contribution in [2.24, 2.45) is 0 Å². The minimum absolute atomic E-state index is 0.192. The summed E-state index contributed by atoms with van der Waals surface area (Å²) in [6.07, 6.45) is 8.59. The molecule has 0 amide bonds. The van der Waals surface area contributed by atoms with E-state index in [9.17, 15) is 4.79 Å². The molecule has 0 aromatic heterocycles. The topological polar surface area (TPSA) is 55.8 Å². The summed E-state index contributed by atoms with van der Waals surface area (Å²) in [7, 11) is 0. The molecule has 4 heteroatoms. The Balaban J connectivity index is 2.26. The number of aliphatic carboxylic acids is 1. The van der Waals surface area contributed by atoms with E-state index in [0.29, 0.717) is 18.1 Å². The van der Waals surface area contributed by atoms with Crippen molar-refractivity contribution >= 4 is 12.0 Å². The van der Waals surface area contributed by atoms with Crippen LogP contribution in [0.15, 0.2) is 24.3 Å². The number of hydrogen-bond acceptors (Lipinski definition) is 3. The third kappa shape index (κ3) is 4.52. The summed E-state index contributed by atoms with van der Waals surface area (Å²) in [5.74, 6) is 0.361. The molecule has 2 rings (SSSR count). The Morgan fingerprint density at radius 3 is 2.76 bits per heavy atom. The van der Waals surface area contributed by atoms with E-state index in [1.165, 1.54) is 19.3 Å². The van der Waals surface area contributed by atoms with E-state index in [1.807, 2.05) is 25.1 Å². The van der Waals surface area contributed by atoms with Crippen LogP contribution in [0, 0.1) is 0 Å². The fourth-order valence-corrected chi connectivity index (χ4v) is 2.57. The molecule has 0 bridgehead atoms. The number of carboxylic acids is 1. The van der Waals surface area contributed by atoms with Crippen molar-refractivity contribution in [3.05, 3.63) is 29.8 Å². The molecular weight excluding hydrogens is 268 g/mol. The highest BCUT2D eigenvalue weighted by atomic mass is 16.5. The first kappa shape index (κ1) is 15.4. The van der Waals surface area contributed by atoms with Crippen LogP contribution in [0.4, 0.5) is 0 Å². The molecule has 1 fully saturated rings. The number of rotatable bonds is 6. The number of carboxylic acid groups (broad SMARTS) is 1. The fourth-order valence-electron chi connectivity index (χ4n) is 2.57. The average molecular weight is 290 g/mol. The van der Waals surface area contributed by atoms with Crippen LogP contribution in [0.25, 0.3) is 6.08 Å². The minimum Gasteiger partial charge on any atom is -0.490 e. The Morgan fingerprint density at radius 2 is 2.10 bits per heavy atom. The summed E-state index contributed by atoms with van der Waals surface area (Å²) < 4.78 is 11.8. The van der Waals surface area contributed by atoms with E-state index >= 15 is 0 Å². The first-order chi connectivity index (χ1) is 10.2. The van der Waals surface area contributed by atoms with Gasteiger partial charge in [0.2, 0.25) is 0 Å². The minimum atomic E-state index is -0.972. The molecule has 114 valence electrons. The lowest BCUT2D eigenvalue weighted by Gasteiger charge is -2.25. The van der Waals surface area contributed by atoms with Gasteiger partial charge < -0.3 is 14.6 Å². The van der Waals surface area contributed by atoms with Gasteiger partial charge >= 0.3 is 5.97 Å². The van der Waals surface area contributed by atoms with Crippen molar-refractivity contribution in [2.75, 3.05) is 6.61 Å². The second-order valence-corrected chi connectivity index (χ2v) is 5.16. The summed E-state index contributed by atoms with van der Waals surface area (Å²) in [5, 5.41) is 8.80. The van der Waals surface area contributed by atoms with Crippen molar-refractivity contribution in [1.82, 2.24) is 0 Å². The van der Waals surface area contributed by atoms with Gasteiger partial charge in [-0.15, -0.1) is 0 Å². The van der Waals surface area contributed by atoms with Crippen LogP contribution in [0.1, 0.15) is 44.6 Å². The molecule has 0 heterocycles. The summed E-state index contributed by atoms with van der Waals surface area (Å²) in [6, 6.07) is 5.56. The van der Waals surface area contributed by atoms with Gasteiger partial charge in [0, 0.05) is 11.6 Å². The normalized spacial score (nSPS) is 16.0. The highest BCUT2D eigenvalue weighted by molar-refractivity contribution is 5.86. The largest absolute Gasteiger partial charge is 0.490 e. The molecule has 4 nitrogen and oxygen atoms in total. The number of benzene rings is 1. The van der Waals surface area contributed by atoms with E-state index in [4.69, 9.17) is 14.6 Å². The van der Waals surface area contributed by atoms with Crippen LogP contribution in [-0.2, 0) is 4.79 Å². The van der Waals surface area contributed by atoms with Gasteiger partial charge in [-0.2, -0.15) is 0 Å². The third-order valence-corrected chi connectivity index (χ3v) is 3.55. The van der Waals surface area contributed by atoms with E-state index in [0.717, 1.165) is 24.5 Å². The van der Waals surface area contributed by atoms with Crippen LogP contribution in [0.3, 0.4) is 0 Å². The summed E-state index contributed by atoms with van der Waals surface area (Å²) >= 11 is 0. The molecule has 0 unspecified atom stereocenters. The molecular formula is C17H22O4. The Bertz CT molecular complexity index is 502. The van der Waals surface area contributed by atoms with Gasteiger partial charge in [0.05, 0.1) is 12.7 Å². The molecule has 21 heavy (non-hydrogen) atoms. The highest BCUT2D eigenvalue weighted by Gasteiger charge is 2.18. The average Bonchev–Trinajstić information content (AvgIpc) is 2.49. The standard InChI is InChI=1S/C17H22O4/c1-2-20-15-10-6-7-13(11-12-16(18)19)17(15)21-14-8-4-3-5-9-14/h6-7,10-12,14H,2-5,8-9H2,1H3,(H,18,19)/b12-11-. The van der Waals surface area contributed by atoms with Gasteiger partial charge in [0.25, 0.3) is 0 Å². The monoisotopic (exact) mass is 290 g/mol. The first-order valence-electron chi connectivity index (χ1n) is 7.54. The first-order valence-corrected chi connectivity index (χ1v) is 7.54. The van der Waals surface area contributed by atoms with E-state index in [1.54, 1.807) is 6.08 Å². The van der Waals surface area contributed by atoms with Gasteiger partial charge in [0.15, 0.2) is 11.5 Å². The van der Waals surface area contributed by atoms with E-state index in [2.05, 4.69) is 0 Å². The molecule has 1 aliphatic rings. The fraction of sp³-hybridized carbons (Fsp3) is 0.471. The molecule has 1 aliphatic carbocycles. The van der Waals surface area contributed by atoms with Crippen LogP contribution in [0.5, 0.6) is 11.5 Å². The van der Waals surface area contributed by atoms with Gasteiger partial charge in [-0.05, 0) is 44.7 Å². The maximum absolute atomic E-state index is 10.7. The maximum atomic E-state index is 10.7. The summed E-state index contributed by atoms with van der Waals surface area (Å²) in [4.78, 5) is 10.7. The van der Waals surface area contributed by atoms with Gasteiger partial charge in [-0.25, -0.2) is 4.79 Å². The Kier molecular flexibility index (Phi) is 5.67. The summed E-state index contributed by atoms with van der Waals surface area (Å²) in [5.41, 5.74) is 0.744. The molecule has 1 saturated carbocycles. The zero-order valence-corrected chi connectivity index (χ0v) is 12.4. The Hall–Kier alpha value is -1.97. The Labute approximate surface area is 125 Å². The van der Waals surface area contributed by atoms with Crippen molar-refractivity contribution in [3.63, 3.8) is 0 Å². The second-order valence-electron chi connectivity index (χ2n) is 5.16. The van der Waals surface area contributed by atoms with Gasteiger partial charge in [-0.1, -0.05) is 18.6 Å². The lowest BCUT2D eigenvalue weighted by Crippen LogP contribution is -2.20. The molecule has 0 spiro atoms. The van der Waals surface area contributed by atoms with E-state index < -0.39 is 5.97 Å². The van der Waals surface area contributed by atoms with Crippen LogP contribution in [0.2, 0.25) is 0 Å². The number of ether oxygens (including phenoxy) is 2. The zero-order chi connectivity index (χ0) is 15.1. The predicted molar refractivity (Wildman–Crippen MR) is 81.8 cm³/mol. The van der Waals surface area contributed by atoms with Gasteiger partial charge in [0.1, 0.15) is 0 Å². The molecule has 1 N–H and O–H groups in total. The molecule has 0 saturated heterocycles. The highest BCUT2D eigenvalue weighted by Crippen LogP contribution is 2.35. The van der Waals surface area contributed by atoms with Crippen molar-refractivity contribution in [3.8, 4) is 11.5 Å². The predicted octanol–water partition coefficient (Wildman–Crippen LogP) is 3.89. The molecule has 0 radical (unpaired) electrons. The lowest BCUT2D eigenvalue weighted by atomic mass is 9.97. The molecule has 1 aromatic carbocycles. The molecule has 1 aromatic rings. The van der Waals surface area contributed by atoms with Crippen molar-refractivity contribution in [1.29, 1.82) is 0 Å². The molecule has 0 atom stereocenters.